The molecule has 0 fully saturated rings. The fourth-order valence-electron chi connectivity index (χ4n) is 1.42. The van der Waals surface area contributed by atoms with Crippen molar-refractivity contribution in [1.82, 2.24) is 4.98 Å². The number of hydrogen-bond acceptors (Lipinski definition) is 1. The molecule has 1 heterocycles. The first-order valence-corrected chi connectivity index (χ1v) is 4.99. The molecule has 0 N–H and O–H groups in total. The molecule has 14 heavy (non-hydrogen) atoms. The standard InChI is InChI=1S/C12H10ClN/c13-8-11-6-7-14-9-12(11)10-4-2-1-3-5-10/h1-7,9H,8H2. The van der Waals surface area contributed by atoms with Crippen LogP contribution in [0, 0.1) is 0 Å². The number of alkyl halides is 1. The third-order valence-corrected chi connectivity index (χ3v) is 2.43. The van der Waals surface area contributed by atoms with Gasteiger partial charge in [-0.05, 0) is 17.2 Å². The summed E-state index contributed by atoms with van der Waals surface area (Å²) in [6, 6.07) is 12.1. The van der Waals surface area contributed by atoms with Gasteiger partial charge in [0, 0.05) is 23.8 Å². The molecule has 0 saturated heterocycles. The van der Waals surface area contributed by atoms with E-state index in [1.54, 1.807) is 6.20 Å². The molecule has 0 unspecified atom stereocenters. The van der Waals surface area contributed by atoms with Gasteiger partial charge in [0.05, 0.1) is 0 Å². The van der Waals surface area contributed by atoms with Crippen LogP contribution in [0.2, 0.25) is 0 Å². The summed E-state index contributed by atoms with van der Waals surface area (Å²) in [5.74, 6) is 0.521. The SMILES string of the molecule is ClCc1ccncc1-c1ccccc1. The van der Waals surface area contributed by atoms with Gasteiger partial charge in [-0.1, -0.05) is 30.3 Å². The van der Waals surface area contributed by atoms with E-state index in [0.717, 1.165) is 16.7 Å². The molecule has 2 rings (SSSR count). The van der Waals surface area contributed by atoms with Crippen molar-refractivity contribution in [3.05, 3.63) is 54.4 Å². The lowest BCUT2D eigenvalue weighted by molar-refractivity contribution is 1.27. The molecule has 1 nitrogen and oxygen atoms in total. The van der Waals surface area contributed by atoms with Gasteiger partial charge in [0.15, 0.2) is 0 Å². The van der Waals surface area contributed by atoms with Crippen LogP contribution < -0.4 is 0 Å². The Morgan fingerprint density at radius 3 is 2.57 bits per heavy atom. The van der Waals surface area contributed by atoms with Gasteiger partial charge in [0.2, 0.25) is 0 Å². The zero-order chi connectivity index (χ0) is 9.80. The van der Waals surface area contributed by atoms with Crippen molar-refractivity contribution >= 4 is 11.6 Å². The lowest BCUT2D eigenvalue weighted by Crippen LogP contribution is -1.86. The molecular formula is C12H10ClN. The Hall–Kier alpha value is -1.34. The largest absolute Gasteiger partial charge is 0.264 e. The molecule has 0 atom stereocenters. The van der Waals surface area contributed by atoms with Crippen LogP contribution in [-0.4, -0.2) is 4.98 Å². The first-order valence-electron chi connectivity index (χ1n) is 4.46. The molecule has 0 amide bonds. The lowest BCUT2D eigenvalue weighted by Gasteiger charge is -2.05. The average Bonchev–Trinajstić information content (AvgIpc) is 2.30. The summed E-state index contributed by atoms with van der Waals surface area (Å²) in [5.41, 5.74) is 3.40. The zero-order valence-corrected chi connectivity index (χ0v) is 8.41. The molecule has 0 aliphatic heterocycles. The van der Waals surface area contributed by atoms with Crippen molar-refractivity contribution in [3.8, 4) is 11.1 Å². The third-order valence-electron chi connectivity index (χ3n) is 2.14. The molecule has 70 valence electrons. The number of halogens is 1. The minimum atomic E-state index is 0.521. The second-order valence-electron chi connectivity index (χ2n) is 3.03. The topological polar surface area (TPSA) is 12.9 Å². The van der Waals surface area contributed by atoms with Crippen molar-refractivity contribution in [1.29, 1.82) is 0 Å². The quantitative estimate of drug-likeness (QED) is 0.681. The molecular weight excluding hydrogens is 194 g/mol. The van der Waals surface area contributed by atoms with E-state index < -0.39 is 0 Å². The number of hydrogen-bond donors (Lipinski definition) is 0. The van der Waals surface area contributed by atoms with E-state index >= 15 is 0 Å². The Kier molecular flexibility index (Phi) is 2.80. The van der Waals surface area contributed by atoms with Crippen LogP contribution >= 0.6 is 11.6 Å². The van der Waals surface area contributed by atoms with E-state index in [9.17, 15) is 0 Å². The minimum absolute atomic E-state index is 0.521. The summed E-state index contributed by atoms with van der Waals surface area (Å²) >= 11 is 5.85. The maximum atomic E-state index is 5.85. The van der Waals surface area contributed by atoms with Crippen molar-refractivity contribution in [2.45, 2.75) is 5.88 Å². The first-order chi connectivity index (χ1) is 6.92. The van der Waals surface area contributed by atoms with Crippen molar-refractivity contribution in [3.63, 3.8) is 0 Å². The number of aromatic nitrogens is 1. The Balaban J connectivity index is 2.51. The van der Waals surface area contributed by atoms with E-state index in [0.29, 0.717) is 5.88 Å². The van der Waals surface area contributed by atoms with Crippen LogP contribution in [0.5, 0.6) is 0 Å². The van der Waals surface area contributed by atoms with Crippen LogP contribution in [0.15, 0.2) is 48.8 Å². The fraction of sp³-hybridized carbons (Fsp3) is 0.0833. The lowest BCUT2D eigenvalue weighted by atomic mass is 10.0. The normalized spacial score (nSPS) is 10.1. The summed E-state index contributed by atoms with van der Waals surface area (Å²) in [4.78, 5) is 4.11. The van der Waals surface area contributed by atoms with Gasteiger partial charge in [0.1, 0.15) is 0 Å². The van der Waals surface area contributed by atoms with Gasteiger partial charge in [-0.15, -0.1) is 11.6 Å². The number of rotatable bonds is 2. The Morgan fingerprint density at radius 2 is 1.86 bits per heavy atom. The molecule has 2 heteroatoms. The highest BCUT2D eigenvalue weighted by Crippen LogP contribution is 2.23. The minimum Gasteiger partial charge on any atom is -0.264 e. The van der Waals surface area contributed by atoms with Crippen LogP contribution in [-0.2, 0) is 5.88 Å². The van der Waals surface area contributed by atoms with Crippen molar-refractivity contribution < 1.29 is 0 Å². The van der Waals surface area contributed by atoms with Gasteiger partial charge >= 0.3 is 0 Å². The number of pyridine rings is 1. The first kappa shape index (κ1) is 9.22. The Bertz CT molecular complexity index is 412. The van der Waals surface area contributed by atoms with Gasteiger partial charge < -0.3 is 0 Å². The van der Waals surface area contributed by atoms with Gasteiger partial charge in [0.25, 0.3) is 0 Å². The summed E-state index contributed by atoms with van der Waals surface area (Å²) in [6.45, 7) is 0. The molecule has 0 aliphatic carbocycles. The predicted molar refractivity (Wildman–Crippen MR) is 59.2 cm³/mol. The van der Waals surface area contributed by atoms with E-state index in [1.807, 2.05) is 30.5 Å². The van der Waals surface area contributed by atoms with E-state index in [1.165, 1.54) is 0 Å². The molecule has 1 aromatic heterocycles. The predicted octanol–water partition coefficient (Wildman–Crippen LogP) is 3.49. The monoisotopic (exact) mass is 203 g/mol. The zero-order valence-electron chi connectivity index (χ0n) is 7.65. The molecule has 0 radical (unpaired) electrons. The fourth-order valence-corrected chi connectivity index (χ4v) is 1.65. The molecule has 0 aliphatic rings. The van der Waals surface area contributed by atoms with Crippen molar-refractivity contribution in [2.75, 3.05) is 0 Å². The molecule has 0 saturated carbocycles. The summed E-state index contributed by atoms with van der Waals surface area (Å²) < 4.78 is 0. The van der Waals surface area contributed by atoms with Crippen LogP contribution in [0.25, 0.3) is 11.1 Å². The third kappa shape index (κ3) is 1.78. The summed E-state index contributed by atoms with van der Waals surface area (Å²) in [6.07, 6.45) is 3.62. The van der Waals surface area contributed by atoms with Gasteiger partial charge in [-0.25, -0.2) is 0 Å². The Morgan fingerprint density at radius 1 is 1.07 bits per heavy atom. The van der Waals surface area contributed by atoms with Crippen molar-refractivity contribution in [2.24, 2.45) is 0 Å². The Labute approximate surface area is 88.4 Å². The van der Waals surface area contributed by atoms with E-state index in [2.05, 4.69) is 17.1 Å². The second kappa shape index (κ2) is 4.25. The van der Waals surface area contributed by atoms with E-state index in [-0.39, 0.29) is 0 Å². The number of benzene rings is 1. The van der Waals surface area contributed by atoms with Crippen LogP contribution in [0.3, 0.4) is 0 Å². The highest BCUT2D eigenvalue weighted by Gasteiger charge is 2.02. The maximum absolute atomic E-state index is 5.85. The van der Waals surface area contributed by atoms with Crippen LogP contribution in [0.4, 0.5) is 0 Å². The molecule has 0 spiro atoms. The number of nitrogens with zero attached hydrogens (tertiary/aromatic N) is 1. The highest BCUT2D eigenvalue weighted by molar-refractivity contribution is 6.17. The van der Waals surface area contributed by atoms with Gasteiger partial charge in [-0.3, -0.25) is 4.98 Å². The second-order valence-corrected chi connectivity index (χ2v) is 3.30. The summed E-state index contributed by atoms with van der Waals surface area (Å²) in [7, 11) is 0. The average molecular weight is 204 g/mol. The van der Waals surface area contributed by atoms with Gasteiger partial charge in [-0.2, -0.15) is 0 Å². The molecule has 2 aromatic rings. The summed E-state index contributed by atoms with van der Waals surface area (Å²) in [5, 5.41) is 0. The maximum Gasteiger partial charge on any atom is 0.0481 e. The molecule has 0 bridgehead atoms. The smallest absolute Gasteiger partial charge is 0.0481 e. The van der Waals surface area contributed by atoms with E-state index in [4.69, 9.17) is 11.6 Å². The van der Waals surface area contributed by atoms with Crippen LogP contribution in [0.1, 0.15) is 5.56 Å². The highest BCUT2D eigenvalue weighted by atomic mass is 35.5. The molecule has 1 aromatic carbocycles.